The second kappa shape index (κ2) is 4.26. The van der Waals surface area contributed by atoms with Gasteiger partial charge in [0.15, 0.2) is 0 Å². The number of hydrazine groups is 1. The number of halogens is 2. The van der Waals surface area contributed by atoms with Gasteiger partial charge in [-0.1, -0.05) is 0 Å². The summed E-state index contributed by atoms with van der Waals surface area (Å²) in [5, 5.41) is 2.14. The Labute approximate surface area is 99.6 Å². The Hall–Kier alpha value is -1.16. The first-order valence-corrected chi connectivity index (χ1v) is 6.20. The number of anilines is 1. The highest BCUT2D eigenvalue weighted by Gasteiger charge is 2.33. The number of benzene rings is 1. The van der Waals surface area contributed by atoms with E-state index in [0.717, 1.165) is 18.5 Å². The highest BCUT2D eigenvalue weighted by molar-refractivity contribution is 5.43. The van der Waals surface area contributed by atoms with Crippen molar-refractivity contribution in [2.75, 3.05) is 12.0 Å². The van der Waals surface area contributed by atoms with Crippen molar-refractivity contribution < 1.29 is 8.78 Å². The maximum Gasteiger partial charge on any atom is 0.128 e. The summed E-state index contributed by atoms with van der Waals surface area (Å²) < 4.78 is 26.1. The van der Waals surface area contributed by atoms with Crippen LogP contribution in [-0.2, 0) is 0 Å². The molecule has 1 N–H and O–H groups in total. The summed E-state index contributed by atoms with van der Waals surface area (Å²) >= 11 is 0. The highest BCUT2D eigenvalue weighted by Crippen LogP contribution is 2.34. The zero-order valence-electron chi connectivity index (χ0n) is 9.63. The molecule has 4 rings (SSSR count). The zero-order valence-corrected chi connectivity index (χ0v) is 9.63. The lowest BCUT2D eigenvalue weighted by Crippen LogP contribution is -2.50. The van der Waals surface area contributed by atoms with Gasteiger partial charge in [0.05, 0.1) is 5.69 Å². The van der Waals surface area contributed by atoms with E-state index < -0.39 is 11.6 Å². The van der Waals surface area contributed by atoms with E-state index in [1.54, 1.807) is 0 Å². The molecule has 2 saturated heterocycles. The van der Waals surface area contributed by atoms with Crippen LogP contribution >= 0.6 is 0 Å². The zero-order chi connectivity index (χ0) is 11.8. The quantitative estimate of drug-likeness (QED) is 0.851. The molecule has 1 aromatic carbocycles. The van der Waals surface area contributed by atoms with E-state index in [1.165, 1.54) is 37.8 Å². The normalized spacial score (nSPS) is 28.4. The molecule has 1 saturated carbocycles. The molecule has 0 spiro atoms. The van der Waals surface area contributed by atoms with Gasteiger partial charge in [-0.05, 0) is 43.7 Å². The summed E-state index contributed by atoms with van der Waals surface area (Å²) in [7, 11) is 0. The molecular formula is C13H16F2N2. The maximum absolute atomic E-state index is 13.1. The fraction of sp³-hybridized carbons (Fsp3) is 0.538. The van der Waals surface area contributed by atoms with Gasteiger partial charge in [0, 0.05) is 18.7 Å². The van der Waals surface area contributed by atoms with Gasteiger partial charge in [-0.15, -0.1) is 0 Å². The maximum atomic E-state index is 13.1. The molecule has 92 valence electrons. The van der Waals surface area contributed by atoms with E-state index in [1.807, 2.05) is 0 Å². The Morgan fingerprint density at radius 2 is 1.65 bits per heavy atom. The number of nitrogens with one attached hydrogen (secondary N) is 1. The molecule has 0 aromatic heterocycles. The average molecular weight is 238 g/mol. The van der Waals surface area contributed by atoms with Crippen molar-refractivity contribution in [2.45, 2.75) is 31.7 Å². The van der Waals surface area contributed by atoms with Gasteiger partial charge in [-0.2, -0.15) is 0 Å². The minimum atomic E-state index is -0.533. The van der Waals surface area contributed by atoms with Crippen LogP contribution in [0.15, 0.2) is 18.2 Å². The largest absolute Gasteiger partial charge is 0.318 e. The van der Waals surface area contributed by atoms with Gasteiger partial charge >= 0.3 is 0 Å². The Morgan fingerprint density at radius 1 is 1.00 bits per heavy atom. The smallest absolute Gasteiger partial charge is 0.128 e. The van der Waals surface area contributed by atoms with Gasteiger partial charge < -0.3 is 5.43 Å². The van der Waals surface area contributed by atoms with Crippen molar-refractivity contribution in [3.8, 4) is 0 Å². The van der Waals surface area contributed by atoms with Crippen LogP contribution in [0, 0.1) is 17.6 Å². The molecule has 1 aliphatic carbocycles. The molecule has 1 aromatic rings. The summed E-state index contributed by atoms with van der Waals surface area (Å²) in [6, 6.07) is 4.09. The summed E-state index contributed by atoms with van der Waals surface area (Å²) in [5.41, 5.74) is 3.66. The van der Waals surface area contributed by atoms with Crippen molar-refractivity contribution in [3.63, 3.8) is 0 Å². The van der Waals surface area contributed by atoms with E-state index in [4.69, 9.17) is 0 Å². The summed E-state index contributed by atoms with van der Waals surface area (Å²) in [5.74, 6) is -0.324. The van der Waals surface area contributed by atoms with Crippen LogP contribution in [0.4, 0.5) is 14.5 Å². The molecule has 3 aliphatic rings. The Balaban J connectivity index is 1.74. The molecule has 0 unspecified atom stereocenters. The van der Waals surface area contributed by atoms with Crippen molar-refractivity contribution in [1.82, 2.24) is 5.01 Å². The molecule has 0 radical (unpaired) electrons. The topological polar surface area (TPSA) is 15.3 Å². The number of piperidine rings is 2. The molecule has 2 aliphatic heterocycles. The van der Waals surface area contributed by atoms with Crippen molar-refractivity contribution in [1.29, 1.82) is 0 Å². The van der Waals surface area contributed by atoms with Gasteiger partial charge in [-0.25, -0.2) is 13.8 Å². The molecular weight excluding hydrogens is 222 g/mol. The summed E-state index contributed by atoms with van der Waals surface area (Å²) in [4.78, 5) is 0. The van der Waals surface area contributed by atoms with Gasteiger partial charge in [0.25, 0.3) is 0 Å². The van der Waals surface area contributed by atoms with Crippen LogP contribution in [0.3, 0.4) is 0 Å². The molecule has 0 amide bonds. The molecule has 2 nitrogen and oxygen atoms in total. The van der Waals surface area contributed by atoms with E-state index in [0.29, 0.717) is 11.7 Å². The lowest BCUT2D eigenvalue weighted by atomic mass is 9.81. The second-order valence-corrected chi connectivity index (χ2v) is 5.10. The third-order valence-electron chi connectivity index (χ3n) is 3.85. The van der Waals surface area contributed by atoms with E-state index >= 15 is 0 Å². The predicted molar refractivity (Wildman–Crippen MR) is 62.4 cm³/mol. The Morgan fingerprint density at radius 3 is 2.18 bits per heavy atom. The average Bonchev–Trinajstić information content (AvgIpc) is 2.29. The highest BCUT2D eigenvalue weighted by atomic mass is 19.1. The Bertz CT molecular complexity index is 394. The minimum Gasteiger partial charge on any atom is -0.318 e. The molecule has 3 fully saturated rings. The molecule has 2 bridgehead atoms. The van der Waals surface area contributed by atoms with Crippen LogP contribution in [0.2, 0.25) is 0 Å². The number of hydrogen-bond acceptors (Lipinski definition) is 2. The fourth-order valence-electron chi connectivity index (χ4n) is 2.99. The van der Waals surface area contributed by atoms with Crippen LogP contribution in [-0.4, -0.2) is 17.6 Å². The predicted octanol–water partition coefficient (Wildman–Crippen LogP) is 3.17. The van der Waals surface area contributed by atoms with E-state index in [2.05, 4.69) is 10.4 Å². The third kappa shape index (κ3) is 2.27. The van der Waals surface area contributed by atoms with Crippen LogP contribution in [0.5, 0.6) is 0 Å². The molecule has 4 heteroatoms. The van der Waals surface area contributed by atoms with Crippen molar-refractivity contribution in [2.24, 2.45) is 5.92 Å². The van der Waals surface area contributed by atoms with Crippen LogP contribution in [0.25, 0.3) is 0 Å². The van der Waals surface area contributed by atoms with Crippen molar-refractivity contribution >= 4 is 5.69 Å². The standard InChI is InChI=1S/C13H16F2N2/c14-10-5-11(15)7-12(6-10)16-17-8-9-1-3-13(17)4-2-9/h5-7,9,13,16H,1-4,8H2. The van der Waals surface area contributed by atoms with E-state index in [-0.39, 0.29) is 0 Å². The SMILES string of the molecule is Fc1cc(F)cc(NN2CC3CCC2CC3)c1. The Kier molecular flexibility index (Phi) is 2.74. The first-order valence-electron chi connectivity index (χ1n) is 6.20. The first kappa shape index (κ1) is 11.0. The van der Waals surface area contributed by atoms with Crippen LogP contribution in [0.1, 0.15) is 25.7 Å². The number of rotatable bonds is 2. The number of nitrogens with zero attached hydrogens (tertiary/aromatic N) is 1. The molecule has 0 atom stereocenters. The fourth-order valence-corrected chi connectivity index (χ4v) is 2.99. The van der Waals surface area contributed by atoms with Gasteiger partial charge in [0.2, 0.25) is 0 Å². The van der Waals surface area contributed by atoms with Crippen LogP contribution < -0.4 is 5.43 Å². The van der Waals surface area contributed by atoms with E-state index in [9.17, 15) is 8.78 Å². The number of hydrogen-bond donors (Lipinski definition) is 1. The second-order valence-electron chi connectivity index (χ2n) is 5.10. The van der Waals surface area contributed by atoms with Gasteiger partial charge in [-0.3, -0.25) is 0 Å². The monoisotopic (exact) mass is 238 g/mol. The minimum absolute atomic E-state index is 0.509. The lowest BCUT2D eigenvalue weighted by molar-refractivity contribution is 0.0713. The first-order chi connectivity index (χ1) is 8.20. The summed E-state index contributed by atoms with van der Waals surface area (Å²) in [6.45, 7) is 0.989. The molecule has 17 heavy (non-hydrogen) atoms. The van der Waals surface area contributed by atoms with Gasteiger partial charge in [0.1, 0.15) is 11.6 Å². The summed E-state index contributed by atoms with van der Waals surface area (Å²) in [6.07, 6.45) is 4.96. The van der Waals surface area contributed by atoms with Crippen molar-refractivity contribution in [3.05, 3.63) is 29.8 Å². The third-order valence-corrected chi connectivity index (χ3v) is 3.85. The molecule has 2 heterocycles. The number of fused-ring (bicyclic) bond motifs is 3. The lowest BCUT2D eigenvalue weighted by Gasteiger charge is -2.45.